The summed E-state index contributed by atoms with van der Waals surface area (Å²) in [6.07, 6.45) is 2.44. The Balaban J connectivity index is 1.63. The van der Waals surface area contributed by atoms with Crippen LogP contribution in [-0.4, -0.2) is 19.1 Å². The highest BCUT2D eigenvalue weighted by molar-refractivity contribution is 5.94. The van der Waals surface area contributed by atoms with E-state index in [0.717, 1.165) is 11.4 Å². The van der Waals surface area contributed by atoms with Gasteiger partial charge in [-0.1, -0.05) is 29.8 Å². The fourth-order valence-electron chi connectivity index (χ4n) is 2.98. The molecule has 2 N–H and O–H groups in total. The van der Waals surface area contributed by atoms with E-state index >= 15 is 0 Å². The smallest absolute Gasteiger partial charge is 0.241 e. The first-order valence-corrected chi connectivity index (χ1v) is 8.84. The maximum absolute atomic E-state index is 12.5. The third-order valence-electron chi connectivity index (χ3n) is 4.71. The lowest BCUT2D eigenvalue weighted by molar-refractivity contribution is -0.118. The third-order valence-corrected chi connectivity index (χ3v) is 4.71. The fourth-order valence-corrected chi connectivity index (χ4v) is 2.98. The summed E-state index contributed by atoms with van der Waals surface area (Å²) in [6.45, 7) is 4.01. The van der Waals surface area contributed by atoms with Gasteiger partial charge in [-0.15, -0.1) is 0 Å². The Morgan fingerprint density at radius 2 is 1.72 bits per heavy atom. The number of amides is 1. The standard InChI is InChI=1S/C21H26N2O2/c1-14-4-6-16(7-5-14)20(17-8-9-17)22-15(2)21(24)23-18-10-12-19(25-3)13-11-18/h4-7,10-13,15,17,20,22H,8-9H2,1-3H3,(H,23,24). The second-order valence-corrected chi connectivity index (χ2v) is 6.83. The van der Waals surface area contributed by atoms with Gasteiger partial charge in [0, 0.05) is 11.7 Å². The molecule has 2 aromatic rings. The van der Waals surface area contributed by atoms with E-state index in [4.69, 9.17) is 4.74 Å². The van der Waals surface area contributed by atoms with E-state index in [1.54, 1.807) is 7.11 Å². The molecular weight excluding hydrogens is 312 g/mol. The molecule has 0 aliphatic heterocycles. The van der Waals surface area contributed by atoms with Crippen LogP contribution in [0.25, 0.3) is 0 Å². The number of carbonyl (C=O) groups excluding carboxylic acids is 1. The van der Waals surface area contributed by atoms with Gasteiger partial charge in [0.05, 0.1) is 13.2 Å². The summed E-state index contributed by atoms with van der Waals surface area (Å²) in [5.41, 5.74) is 3.29. The Morgan fingerprint density at radius 3 is 2.28 bits per heavy atom. The van der Waals surface area contributed by atoms with Crippen LogP contribution in [0.4, 0.5) is 5.69 Å². The van der Waals surface area contributed by atoms with Gasteiger partial charge in [0.1, 0.15) is 5.75 Å². The van der Waals surface area contributed by atoms with Crippen LogP contribution in [0.3, 0.4) is 0 Å². The summed E-state index contributed by atoms with van der Waals surface area (Å²) in [7, 11) is 1.63. The summed E-state index contributed by atoms with van der Waals surface area (Å²) in [4.78, 5) is 12.5. The first-order valence-electron chi connectivity index (χ1n) is 8.84. The predicted molar refractivity (Wildman–Crippen MR) is 101 cm³/mol. The van der Waals surface area contributed by atoms with Gasteiger partial charge in [-0.2, -0.15) is 0 Å². The summed E-state index contributed by atoms with van der Waals surface area (Å²) >= 11 is 0. The summed E-state index contributed by atoms with van der Waals surface area (Å²) < 4.78 is 5.14. The SMILES string of the molecule is COc1ccc(NC(=O)C(C)NC(c2ccc(C)cc2)C2CC2)cc1. The first kappa shape index (κ1) is 17.5. The normalized spacial score (nSPS) is 16.1. The van der Waals surface area contributed by atoms with E-state index in [2.05, 4.69) is 41.8 Å². The monoisotopic (exact) mass is 338 g/mol. The second kappa shape index (κ2) is 7.70. The average Bonchev–Trinajstić information content (AvgIpc) is 3.46. The van der Waals surface area contributed by atoms with Crippen LogP contribution >= 0.6 is 0 Å². The molecule has 0 radical (unpaired) electrons. The number of rotatable bonds is 7. The van der Waals surface area contributed by atoms with Gasteiger partial charge < -0.3 is 10.1 Å². The molecule has 0 heterocycles. The number of hydrogen-bond acceptors (Lipinski definition) is 3. The molecule has 25 heavy (non-hydrogen) atoms. The van der Waals surface area contributed by atoms with Crippen LogP contribution < -0.4 is 15.4 Å². The maximum Gasteiger partial charge on any atom is 0.241 e. The molecule has 132 valence electrons. The van der Waals surface area contributed by atoms with Gasteiger partial charge in [0.25, 0.3) is 0 Å². The van der Waals surface area contributed by atoms with E-state index in [1.165, 1.54) is 24.0 Å². The largest absolute Gasteiger partial charge is 0.497 e. The van der Waals surface area contributed by atoms with Crippen molar-refractivity contribution in [1.29, 1.82) is 0 Å². The zero-order valence-electron chi connectivity index (χ0n) is 15.1. The Hall–Kier alpha value is -2.33. The highest BCUT2D eigenvalue weighted by Crippen LogP contribution is 2.41. The Kier molecular flexibility index (Phi) is 5.39. The fraction of sp³-hybridized carbons (Fsp3) is 0.381. The lowest BCUT2D eigenvalue weighted by atomic mass is 10.00. The number of hydrogen-bond donors (Lipinski definition) is 2. The lowest BCUT2D eigenvalue weighted by Crippen LogP contribution is -2.40. The van der Waals surface area contributed by atoms with Crippen molar-refractivity contribution in [2.24, 2.45) is 5.92 Å². The van der Waals surface area contributed by atoms with Gasteiger partial charge in [0.2, 0.25) is 5.91 Å². The quantitative estimate of drug-likeness (QED) is 0.800. The number of ether oxygens (including phenoxy) is 1. The van der Waals surface area contributed by atoms with Crippen molar-refractivity contribution >= 4 is 11.6 Å². The molecule has 2 aromatic carbocycles. The number of aryl methyl sites for hydroxylation is 1. The van der Waals surface area contributed by atoms with Crippen molar-refractivity contribution < 1.29 is 9.53 Å². The summed E-state index contributed by atoms with van der Waals surface area (Å²) in [5, 5.41) is 6.48. The van der Waals surface area contributed by atoms with Crippen molar-refractivity contribution in [2.45, 2.75) is 38.8 Å². The number of methoxy groups -OCH3 is 1. The molecule has 1 fully saturated rings. The summed E-state index contributed by atoms with van der Waals surface area (Å²) in [6, 6.07) is 15.9. The maximum atomic E-state index is 12.5. The van der Waals surface area contributed by atoms with Crippen molar-refractivity contribution in [3.05, 3.63) is 59.7 Å². The molecule has 1 aliphatic rings. The molecule has 1 amide bonds. The molecule has 1 aliphatic carbocycles. The first-order chi connectivity index (χ1) is 12.1. The minimum Gasteiger partial charge on any atom is -0.497 e. The Bertz CT molecular complexity index is 706. The minimum absolute atomic E-state index is 0.0251. The second-order valence-electron chi connectivity index (χ2n) is 6.83. The predicted octanol–water partition coefficient (Wildman–Crippen LogP) is 4.07. The molecule has 0 saturated heterocycles. The molecule has 0 aromatic heterocycles. The highest BCUT2D eigenvalue weighted by atomic mass is 16.5. The van der Waals surface area contributed by atoms with Gasteiger partial charge in [0.15, 0.2) is 0 Å². The zero-order valence-corrected chi connectivity index (χ0v) is 15.1. The molecule has 4 heteroatoms. The van der Waals surface area contributed by atoms with Crippen molar-refractivity contribution in [2.75, 3.05) is 12.4 Å². The molecule has 1 saturated carbocycles. The highest BCUT2D eigenvalue weighted by Gasteiger charge is 2.34. The lowest BCUT2D eigenvalue weighted by Gasteiger charge is -2.23. The van der Waals surface area contributed by atoms with E-state index in [0.29, 0.717) is 5.92 Å². The van der Waals surface area contributed by atoms with Crippen LogP contribution in [0, 0.1) is 12.8 Å². The van der Waals surface area contributed by atoms with Crippen LogP contribution in [0.1, 0.15) is 36.9 Å². The van der Waals surface area contributed by atoms with Crippen molar-refractivity contribution in [3.63, 3.8) is 0 Å². The number of benzene rings is 2. The Morgan fingerprint density at radius 1 is 1.08 bits per heavy atom. The van der Waals surface area contributed by atoms with E-state index in [-0.39, 0.29) is 18.0 Å². The number of anilines is 1. The average molecular weight is 338 g/mol. The van der Waals surface area contributed by atoms with Gasteiger partial charge in [-0.05, 0) is 62.4 Å². The molecular formula is C21H26N2O2. The molecule has 3 rings (SSSR count). The minimum atomic E-state index is -0.269. The molecule has 0 bridgehead atoms. The van der Waals surface area contributed by atoms with Crippen LogP contribution in [0.15, 0.2) is 48.5 Å². The van der Waals surface area contributed by atoms with E-state index < -0.39 is 0 Å². The molecule has 2 unspecified atom stereocenters. The molecule has 2 atom stereocenters. The van der Waals surface area contributed by atoms with E-state index in [1.807, 2.05) is 31.2 Å². The molecule has 4 nitrogen and oxygen atoms in total. The van der Waals surface area contributed by atoms with Crippen molar-refractivity contribution in [1.82, 2.24) is 5.32 Å². The van der Waals surface area contributed by atoms with E-state index in [9.17, 15) is 4.79 Å². The number of carbonyl (C=O) groups is 1. The van der Waals surface area contributed by atoms with Crippen LogP contribution in [-0.2, 0) is 4.79 Å². The number of nitrogens with one attached hydrogen (secondary N) is 2. The van der Waals surface area contributed by atoms with Gasteiger partial charge >= 0.3 is 0 Å². The topological polar surface area (TPSA) is 50.4 Å². The van der Waals surface area contributed by atoms with Gasteiger partial charge in [-0.25, -0.2) is 0 Å². The third kappa shape index (κ3) is 4.60. The van der Waals surface area contributed by atoms with Crippen LogP contribution in [0.2, 0.25) is 0 Å². The zero-order chi connectivity index (χ0) is 17.8. The Labute approximate surface area is 149 Å². The molecule has 0 spiro atoms. The van der Waals surface area contributed by atoms with Gasteiger partial charge in [-0.3, -0.25) is 10.1 Å². The van der Waals surface area contributed by atoms with Crippen LogP contribution in [0.5, 0.6) is 5.75 Å². The van der Waals surface area contributed by atoms with Crippen molar-refractivity contribution in [3.8, 4) is 5.75 Å². The summed E-state index contributed by atoms with van der Waals surface area (Å²) in [5.74, 6) is 1.37.